The summed E-state index contributed by atoms with van der Waals surface area (Å²) in [5.41, 5.74) is 5.07. The third-order valence-electron chi connectivity index (χ3n) is 4.69. The summed E-state index contributed by atoms with van der Waals surface area (Å²) in [5, 5.41) is 10.4. The topological polar surface area (TPSA) is 50.7 Å². The molecule has 4 rings (SSSR count). The number of hydrogen-bond acceptors (Lipinski definition) is 2. The number of carbonyl (C=O) groups is 1. The number of nitriles is 1. The van der Waals surface area contributed by atoms with Crippen molar-refractivity contribution in [2.75, 3.05) is 0 Å². The van der Waals surface area contributed by atoms with Gasteiger partial charge in [-0.2, -0.15) is 5.26 Å². The van der Waals surface area contributed by atoms with Crippen LogP contribution in [0.4, 0.5) is 0 Å². The summed E-state index contributed by atoms with van der Waals surface area (Å²) in [6, 6.07) is 21.9. The monoisotopic (exact) mass is 351 g/mol. The minimum absolute atomic E-state index is 0.616. The van der Waals surface area contributed by atoms with Crippen molar-refractivity contribution in [3.63, 3.8) is 0 Å². The number of aryl methyl sites for hydroxylation is 1. The molecule has 4 nitrogen and oxygen atoms in total. The summed E-state index contributed by atoms with van der Waals surface area (Å²) in [7, 11) is 1.92. The van der Waals surface area contributed by atoms with Gasteiger partial charge in [0.15, 0.2) is 6.29 Å². The van der Waals surface area contributed by atoms with Gasteiger partial charge in [-0.25, -0.2) is 0 Å². The molecule has 4 aromatic rings. The molecule has 0 radical (unpaired) electrons. The molecule has 0 aliphatic carbocycles. The van der Waals surface area contributed by atoms with Gasteiger partial charge in [-0.05, 0) is 42.0 Å². The molecule has 27 heavy (non-hydrogen) atoms. The Morgan fingerprint density at radius 1 is 1.04 bits per heavy atom. The van der Waals surface area contributed by atoms with E-state index in [1.807, 2.05) is 95.3 Å². The van der Waals surface area contributed by atoms with Gasteiger partial charge in [-0.3, -0.25) is 4.79 Å². The summed E-state index contributed by atoms with van der Waals surface area (Å²) in [6.45, 7) is 0. The third kappa shape index (κ3) is 2.96. The molecule has 0 atom stereocenters. The summed E-state index contributed by atoms with van der Waals surface area (Å²) in [4.78, 5) is 11.4. The van der Waals surface area contributed by atoms with Crippen molar-refractivity contribution >= 4 is 28.8 Å². The average molecular weight is 351 g/mol. The van der Waals surface area contributed by atoms with Crippen LogP contribution in [0.2, 0.25) is 0 Å². The zero-order chi connectivity index (χ0) is 18.8. The van der Waals surface area contributed by atoms with Gasteiger partial charge in [-0.15, -0.1) is 0 Å². The minimum Gasteiger partial charge on any atom is -0.350 e. The number of fused-ring (bicyclic) bond motifs is 1. The van der Waals surface area contributed by atoms with Crippen molar-refractivity contribution in [3.8, 4) is 11.8 Å². The zero-order valence-corrected chi connectivity index (χ0v) is 14.8. The molecule has 2 aromatic carbocycles. The van der Waals surface area contributed by atoms with E-state index in [0.29, 0.717) is 11.1 Å². The van der Waals surface area contributed by atoms with Crippen molar-refractivity contribution in [1.29, 1.82) is 5.26 Å². The van der Waals surface area contributed by atoms with Crippen molar-refractivity contribution < 1.29 is 4.79 Å². The van der Waals surface area contributed by atoms with E-state index in [1.165, 1.54) is 0 Å². The Kier molecular flexibility index (Phi) is 4.19. The quantitative estimate of drug-likeness (QED) is 0.390. The second kappa shape index (κ2) is 6.81. The predicted molar refractivity (Wildman–Crippen MR) is 108 cm³/mol. The van der Waals surface area contributed by atoms with Crippen molar-refractivity contribution in [2.45, 2.75) is 0 Å². The molecule has 0 aliphatic heterocycles. The highest BCUT2D eigenvalue weighted by molar-refractivity contribution is 5.98. The first-order valence-electron chi connectivity index (χ1n) is 8.60. The van der Waals surface area contributed by atoms with Gasteiger partial charge in [0.1, 0.15) is 6.07 Å². The van der Waals surface area contributed by atoms with Crippen LogP contribution in [0.1, 0.15) is 21.6 Å². The average Bonchev–Trinajstić information content (AvgIpc) is 3.30. The van der Waals surface area contributed by atoms with Crippen molar-refractivity contribution in [3.05, 3.63) is 89.9 Å². The molecule has 0 N–H and O–H groups in total. The number of allylic oxidation sites excluding steroid dienone is 1. The number of aromatic nitrogens is 2. The summed E-state index contributed by atoms with van der Waals surface area (Å²) < 4.78 is 3.94. The van der Waals surface area contributed by atoms with Crippen LogP contribution in [0, 0.1) is 11.3 Å². The molecule has 0 amide bonds. The van der Waals surface area contributed by atoms with Gasteiger partial charge in [0.25, 0.3) is 0 Å². The van der Waals surface area contributed by atoms with Crippen LogP contribution < -0.4 is 0 Å². The van der Waals surface area contributed by atoms with Gasteiger partial charge in [0, 0.05) is 36.1 Å². The first-order valence-corrected chi connectivity index (χ1v) is 8.60. The number of aldehydes is 1. The van der Waals surface area contributed by atoms with E-state index >= 15 is 0 Å². The molecule has 130 valence electrons. The standard InChI is InChI=1S/C23H17N3O/c1-25-12-4-7-22(25)18(14-24)13-17-8-10-20(11-9-17)26-15-19(16-27)21-5-2-3-6-23(21)26/h2-13,15-16H,1H3. The molecular formula is C23H17N3O. The molecule has 0 saturated carbocycles. The second-order valence-corrected chi connectivity index (χ2v) is 6.36. The lowest BCUT2D eigenvalue weighted by Crippen LogP contribution is -1.93. The van der Waals surface area contributed by atoms with Crippen LogP contribution in [0.3, 0.4) is 0 Å². The van der Waals surface area contributed by atoms with Crippen molar-refractivity contribution in [1.82, 2.24) is 9.13 Å². The van der Waals surface area contributed by atoms with E-state index in [-0.39, 0.29) is 0 Å². The Hall–Kier alpha value is -3.84. The fourth-order valence-electron chi connectivity index (χ4n) is 3.32. The van der Waals surface area contributed by atoms with Gasteiger partial charge in [0.05, 0.1) is 16.8 Å². The number of para-hydroxylation sites is 1. The van der Waals surface area contributed by atoms with Crippen LogP contribution in [0.25, 0.3) is 28.2 Å². The van der Waals surface area contributed by atoms with E-state index in [2.05, 4.69) is 6.07 Å². The highest BCUT2D eigenvalue weighted by Crippen LogP contribution is 2.25. The van der Waals surface area contributed by atoms with E-state index < -0.39 is 0 Å². The molecule has 0 spiro atoms. The fourth-order valence-corrected chi connectivity index (χ4v) is 3.32. The number of hydrogen-bond donors (Lipinski definition) is 0. The van der Waals surface area contributed by atoms with E-state index in [0.717, 1.165) is 34.1 Å². The molecule has 0 bridgehead atoms. The van der Waals surface area contributed by atoms with Crippen LogP contribution in [0.15, 0.2) is 73.1 Å². The third-order valence-corrected chi connectivity index (χ3v) is 4.69. The van der Waals surface area contributed by atoms with Gasteiger partial charge >= 0.3 is 0 Å². The maximum atomic E-state index is 11.4. The van der Waals surface area contributed by atoms with Gasteiger partial charge < -0.3 is 9.13 Å². The van der Waals surface area contributed by atoms with Crippen LogP contribution in [-0.4, -0.2) is 15.4 Å². The van der Waals surface area contributed by atoms with E-state index in [4.69, 9.17) is 0 Å². The van der Waals surface area contributed by atoms with E-state index in [9.17, 15) is 10.1 Å². The zero-order valence-electron chi connectivity index (χ0n) is 14.8. The molecule has 2 heterocycles. The van der Waals surface area contributed by atoms with E-state index in [1.54, 1.807) is 0 Å². The minimum atomic E-state index is 0.616. The first kappa shape index (κ1) is 16.6. The summed E-state index contributed by atoms with van der Waals surface area (Å²) in [5.74, 6) is 0. The number of nitrogens with zero attached hydrogens (tertiary/aromatic N) is 3. The fraction of sp³-hybridized carbons (Fsp3) is 0.0435. The smallest absolute Gasteiger partial charge is 0.152 e. The molecule has 2 aromatic heterocycles. The Balaban J connectivity index is 1.73. The molecular weight excluding hydrogens is 334 g/mol. The SMILES string of the molecule is Cn1cccc1C(C#N)=Cc1ccc(-n2cc(C=O)c3ccccc32)cc1. The van der Waals surface area contributed by atoms with Crippen LogP contribution in [0.5, 0.6) is 0 Å². The van der Waals surface area contributed by atoms with Gasteiger partial charge in [0.2, 0.25) is 0 Å². The number of carbonyl (C=O) groups excluding carboxylic acids is 1. The molecule has 0 unspecified atom stereocenters. The van der Waals surface area contributed by atoms with Crippen LogP contribution >= 0.6 is 0 Å². The Morgan fingerprint density at radius 2 is 1.81 bits per heavy atom. The largest absolute Gasteiger partial charge is 0.350 e. The highest BCUT2D eigenvalue weighted by atomic mass is 16.1. The summed E-state index contributed by atoms with van der Waals surface area (Å²) >= 11 is 0. The molecule has 0 fully saturated rings. The molecule has 0 saturated heterocycles. The van der Waals surface area contributed by atoms with Crippen LogP contribution in [-0.2, 0) is 7.05 Å². The van der Waals surface area contributed by atoms with Crippen molar-refractivity contribution in [2.24, 2.45) is 7.05 Å². The lowest BCUT2D eigenvalue weighted by molar-refractivity contribution is 0.112. The first-order chi connectivity index (χ1) is 13.2. The Bertz CT molecular complexity index is 1200. The summed E-state index contributed by atoms with van der Waals surface area (Å²) in [6.07, 6.45) is 6.54. The van der Waals surface area contributed by atoms with Gasteiger partial charge in [-0.1, -0.05) is 30.3 Å². The Morgan fingerprint density at radius 3 is 2.48 bits per heavy atom. The lowest BCUT2D eigenvalue weighted by atomic mass is 10.1. The molecule has 4 heteroatoms. The normalized spacial score (nSPS) is 11.5. The predicted octanol–water partition coefficient (Wildman–Crippen LogP) is 4.85. The lowest BCUT2D eigenvalue weighted by Gasteiger charge is -2.06. The maximum absolute atomic E-state index is 11.4. The number of rotatable bonds is 4. The second-order valence-electron chi connectivity index (χ2n) is 6.36. The molecule has 0 aliphatic rings. The maximum Gasteiger partial charge on any atom is 0.152 e. The Labute approximate surface area is 157 Å². The highest BCUT2D eigenvalue weighted by Gasteiger charge is 2.09. The number of benzene rings is 2.